The fourth-order valence-corrected chi connectivity index (χ4v) is 4.56. The molecule has 1 N–H and O–H groups in total. The van der Waals surface area contributed by atoms with E-state index in [1.165, 1.54) is 16.7 Å². The number of benzene rings is 1. The number of ketones is 1. The molecule has 0 atom stereocenters. The molecule has 8 nitrogen and oxygen atoms in total. The normalized spacial score (nSPS) is 18.8. The van der Waals surface area contributed by atoms with Gasteiger partial charge in [-0.15, -0.1) is 0 Å². The molecule has 33 heavy (non-hydrogen) atoms. The molecule has 0 saturated carbocycles. The van der Waals surface area contributed by atoms with Gasteiger partial charge in [0, 0.05) is 45.7 Å². The van der Waals surface area contributed by atoms with Gasteiger partial charge in [0.05, 0.1) is 18.8 Å². The zero-order valence-electron chi connectivity index (χ0n) is 19.2. The van der Waals surface area contributed by atoms with Crippen LogP contribution in [-0.4, -0.2) is 76.2 Å². The van der Waals surface area contributed by atoms with Crippen molar-refractivity contribution in [3.63, 3.8) is 0 Å². The largest absolute Gasteiger partial charge is 0.501 e. The number of carbonyl (C=O) groups is 1. The van der Waals surface area contributed by atoms with Gasteiger partial charge in [-0.25, -0.2) is 9.37 Å². The molecular formula is C24H31FN4O4. The number of nitrogens with zero attached hydrogens (tertiary/aromatic N) is 4. The summed E-state index contributed by atoms with van der Waals surface area (Å²) in [6, 6.07) is 5.92. The van der Waals surface area contributed by atoms with Crippen molar-refractivity contribution in [3.05, 3.63) is 57.5 Å². The summed E-state index contributed by atoms with van der Waals surface area (Å²) in [6.07, 6.45) is 0.435. The Hall–Kier alpha value is -2.62. The molecule has 178 valence electrons. The number of ether oxygens (including phenoxy) is 1. The highest BCUT2D eigenvalue weighted by Gasteiger charge is 2.38. The molecule has 2 aliphatic rings. The third kappa shape index (κ3) is 5.00. The molecule has 1 aromatic carbocycles. The maximum Gasteiger partial charge on any atom is 0.296 e. The second kappa shape index (κ2) is 9.70. The van der Waals surface area contributed by atoms with Gasteiger partial charge in [0.2, 0.25) is 5.75 Å². The molecule has 0 aliphatic carbocycles. The van der Waals surface area contributed by atoms with E-state index in [-0.39, 0.29) is 17.9 Å². The summed E-state index contributed by atoms with van der Waals surface area (Å²) < 4.78 is 20.0. The number of morpholine rings is 1. The summed E-state index contributed by atoms with van der Waals surface area (Å²) in [5.41, 5.74) is -0.542. The third-order valence-electron chi connectivity index (χ3n) is 6.68. The van der Waals surface area contributed by atoms with Gasteiger partial charge in [-0.1, -0.05) is 12.1 Å². The van der Waals surface area contributed by atoms with Crippen LogP contribution in [0.3, 0.4) is 0 Å². The van der Waals surface area contributed by atoms with E-state index in [9.17, 15) is 19.1 Å². The van der Waals surface area contributed by atoms with Crippen molar-refractivity contribution in [2.75, 3.05) is 45.9 Å². The molecular weight excluding hydrogens is 427 g/mol. The van der Waals surface area contributed by atoms with Gasteiger partial charge >= 0.3 is 0 Å². The number of hydrogen-bond donors (Lipinski definition) is 1. The first-order chi connectivity index (χ1) is 15.8. The average Bonchev–Trinajstić information content (AvgIpc) is 2.81. The summed E-state index contributed by atoms with van der Waals surface area (Å²) in [5, 5.41) is 10.5. The third-order valence-corrected chi connectivity index (χ3v) is 6.68. The Labute approximate surface area is 192 Å². The highest BCUT2D eigenvalue weighted by atomic mass is 19.1. The SMILES string of the molecule is CC1(C)c2nc(C(=O)CCc3ccc(F)cc3)c(O)c(=O)n2CCN1CCN1CCOCC1. The number of aromatic hydroxyl groups is 1. The summed E-state index contributed by atoms with van der Waals surface area (Å²) in [4.78, 5) is 34.9. The number of aryl methyl sites for hydroxylation is 1. The van der Waals surface area contributed by atoms with Crippen molar-refractivity contribution in [3.8, 4) is 5.75 Å². The van der Waals surface area contributed by atoms with Gasteiger partial charge in [0.1, 0.15) is 11.6 Å². The smallest absolute Gasteiger partial charge is 0.296 e. The van der Waals surface area contributed by atoms with Crippen LogP contribution in [0.2, 0.25) is 0 Å². The molecule has 0 bridgehead atoms. The molecule has 3 heterocycles. The molecule has 0 amide bonds. The van der Waals surface area contributed by atoms with E-state index in [0.717, 1.165) is 45.0 Å². The van der Waals surface area contributed by atoms with E-state index in [1.54, 1.807) is 12.1 Å². The molecule has 1 fully saturated rings. The Bertz CT molecular complexity index is 1060. The lowest BCUT2D eigenvalue weighted by atomic mass is 9.97. The van der Waals surface area contributed by atoms with Gasteiger partial charge in [0.15, 0.2) is 11.5 Å². The first kappa shape index (κ1) is 23.5. The minimum absolute atomic E-state index is 0.0657. The van der Waals surface area contributed by atoms with Crippen LogP contribution in [0, 0.1) is 5.82 Å². The predicted octanol–water partition coefficient (Wildman–Crippen LogP) is 1.79. The van der Waals surface area contributed by atoms with Crippen molar-refractivity contribution < 1.29 is 19.0 Å². The monoisotopic (exact) mass is 458 g/mol. The fourth-order valence-electron chi connectivity index (χ4n) is 4.56. The van der Waals surface area contributed by atoms with Gasteiger partial charge in [-0.3, -0.25) is 24.0 Å². The van der Waals surface area contributed by atoms with Crippen molar-refractivity contribution in [1.29, 1.82) is 0 Å². The van der Waals surface area contributed by atoms with E-state index < -0.39 is 22.6 Å². The lowest BCUT2D eigenvalue weighted by molar-refractivity contribution is 0.0171. The maximum absolute atomic E-state index is 13.1. The van der Waals surface area contributed by atoms with E-state index >= 15 is 0 Å². The van der Waals surface area contributed by atoms with Crippen LogP contribution in [0.15, 0.2) is 29.1 Å². The lowest BCUT2D eigenvalue weighted by Crippen LogP contribution is -2.54. The van der Waals surface area contributed by atoms with Crippen LogP contribution in [0.1, 0.15) is 42.1 Å². The van der Waals surface area contributed by atoms with Crippen LogP contribution in [0.25, 0.3) is 0 Å². The maximum atomic E-state index is 13.1. The number of halogens is 1. The average molecular weight is 459 g/mol. The number of fused-ring (bicyclic) bond motifs is 1. The summed E-state index contributed by atoms with van der Waals surface area (Å²) >= 11 is 0. The number of aromatic nitrogens is 2. The summed E-state index contributed by atoms with van der Waals surface area (Å²) in [6.45, 7) is 10.0. The second-order valence-corrected chi connectivity index (χ2v) is 9.14. The zero-order valence-corrected chi connectivity index (χ0v) is 19.2. The molecule has 1 aromatic heterocycles. The minimum Gasteiger partial charge on any atom is -0.501 e. The molecule has 1 saturated heterocycles. The van der Waals surface area contributed by atoms with E-state index in [1.807, 2.05) is 13.8 Å². The Morgan fingerprint density at radius 2 is 1.82 bits per heavy atom. The Kier molecular flexibility index (Phi) is 6.92. The number of carbonyl (C=O) groups excluding carboxylic acids is 1. The van der Waals surface area contributed by atoms with Gasteiger partial charge in [0.25, 0.3) is 5.56 Å². The van der Waals surface area contributed by atoms with Crippen molar-refractivity contribution in [2.45, 2.75) is 38.8 Å². The zero-order chi connectivity index (χ0) is 23.6. The van der Waals surface area contributed by atoms with Crippen LogP contribution in [0.4, 0.5) is 4.39 Å². The van der Waals surface area contributed by atoms with E-state index in [0.29, 0.717) is 25.3 Å². The Morgan fingerprint density at radius 1 is 1.12 bits per heavy atom. The van der Waals surface area contributed by atoms with Crippen molar-refractivity contribution >= 4 is 5.78 Å². The summed E-state index contributed by atoms with van der Waals surface area (Å²) in [5.74, 6) is -0.852. The number of hydrogen-bond acceptors (Lipinski definition) is 7. The Morgan fingerprint density at radius 3 is 2.52 bits per heavy atom. The first-order valence-electron chi connectivity index (χ1n) is 11.4. The van der Waals surface area contributed by atoms with E-state index in [4.69, 9.17) is 4.74 Å². The van der Waals surface area contributed by atoms with Gasteiger partial charge < -0.3 is 9.84 Å². The van der Waals surface area contributed by atoms with Crippen molar-refractivity contribution in [1.82, 2.24) is 19.4 Å². The molecule has 2 aliphatic heterocycles. The quantitative estimate of drug-likeness (QED) is 0.633. The van der Waals surface area contributed by atoms with Crippen LogP contribution >= 0.6 is 0 Å². The number of Topliss-reactive ketones (excluding diaryl/α,β-unsaturated/α-hetero) is 1. The highest BCUT2D eigenvalue weighted by Crippen LogP contribution is 2.30. The van der Waals surface area contributed by atoms with Crippen LogP contribution in [-0.2, 0) is 23.2 Å². The predicted molar refractivity (Wildman–Crippen MR) is 121 cm³/mol. The number of rotatable bonds is 7. The Balaban J connectivity index is 1.53. The van der Waals surface area contributed by atoms with E-state index in [2.05, 4.69) is 14.8 Å². The topological polar surface area (TPSA) is 87.9 Å². The van der Waals surface area contributed by atoms with Gasteiger partial charge in [-0.2, -0.15) is 0 Å². The highest BCUT2D eigenvalue weighted by molar-refractivity contribution is 5.96. The van der Waals surface area contributed by atoms with Crippen LogP contribution < -0.4 is 5.56 Å². The lowest BCUT2D eigenvalue weighted by Gasteiger charge is -2.44. The molecule has 0 radical (unpaired) electrons. The standard InChI is InChI=1S/C24H31FN4O4/c1-24(2)23-26-20(19(30)8-5-17-3-6-18(25)7-4-17)21(31)22(32)29(23)12-11-28(24)10-9-27-13-15-33-16-14-27/h3-4,6-7,31H,5,8-16H2,1-2H3. The minimum atomic E-state index is -0.597. The van der Waals surface area contributed by atoms with Crippen LogP contribution in [0.5, 0.6) is 5.75 Å². The summed E-state index contributed by atoms with van der Waals surface area (Å²) in [7, 11) is 0. The molecule has 9 heteroatoms. The van der Waals surface area contributed by atoms with Crippen molar-refractivity contribution in [2.24, 2.45) is 0 Å². The fraction of sp³-hybridized carbons (Fsp3) is 0.542. The molecule has 2 aromatic rings. The molecule has 0 unspecified atom stereocenters. The molecule has 4 rings (SSSR count). The second-order valence-electron chi connectivity index (χ2n) is 9.14. The molecule has 0 spiro atoms. The van der Waals surface area contributed by atoms with Gasteiger partial charge in [-0.05, 0) is 38.0 Å². The first-order valence-corrected chi connectivity index (χ1v) is 11.4.